The molecule has 4 rings (SSSR count). The highest BCUT2D eigenvalue weighted by Gasteiger charge is 2.29. The number of fused-ring (bicyclic) bond motifs is 1. The molecule has 0 unspecified atom stereocenters. The van der Waals surface area contributed by atoms with E-state index >= 15 is 0 Å². The molecular weight excluding hydrogens is 548 g/mol. The minimum absolute atomic E-state index is 0.0174. The van der Waals surface area contributed by atoms with Crippen LogP contribution in [-0.4, -0.2) is 45.6 Å². The summed E-state index contributed by atoms with van der Waals surface area (Å²) in [5.74, 6) is -0.664. The Hall–Kier alpha value is -3.63. The lowest BCUT2D eigenvalue weighted by atomic mass is 10.2. The number of halogens is 1. The van der Waals surface area contributed by atoms with Crippen molar-refractivity contribution in [1.82, 2.24) is 4.57 Å². The first-order valence-electron chi connectivity index (χ1n) is 10.8. The van der Waals surface area contributed by atoms with Gasteiger partial charge in [-0.05, 0) is 59.3 Å². The van der Waals surface area contributed by atoms with Gasteiger partial charge in [0.1, 0.15) is 12.3 Å². The first kappa shape index (κ1) is 25.5. The molecule has 36 heavy (non-hydrogen) atoms. The van der Waals surface area contributed by atoms with E-state index in [-0.39, 0.29) is 10.5 Å². The molecule has 0 aliphatic carbocycles. The van der Waals surface area contributed by atoms with Crippen LogP contribution in [0.25, 0.3) is 10.9 Å². The molecule has 0 radical (unpaired) electrons. The van der Waals surface area contributed by atoms with E-state index in [1.165, 1.54) is 43.2 Å². The summed E-state index contributed by atoms with van der Waals surface area (Å²) in [5, 5.41) is 0.529. The molecule has 4 aromatic rings. The molecule has 10 heteroatoms. The maximum atomic E-state index is 13.8. The molecule has 0 saturated heterocycles. The second-order valence-electron chi connectivity index (χ2n) is 7.96. The summed E-state index contributed by atoms with van der Waals surface area (Å²) in [7, 11) is -1.42. The summed E-state index contributed by atoms with van der Waals surface area (Å²) in [6.07, 6.45) is 1.38. The van der Waals surface area contributed by atoms with E-state index in [0.29, 0.717) is 26.8 Å². The number of rotatable bonds is 7. The maximum absolute atomic E-state index is 13.8. The lowest BCUT2D eigenvalue weighted by Crippen LogP contribution is -2.37. The van der Waals surface area contributed by atoms with Gasteiger partial charge in [0.15, 0.2) is 0 Å². The number of anilines is 1. The van der Waals surface area contributed by atoms with E-state index in [4.69, 9.17) is 9.47 Å². The van der Waals surface area contributed by atoms with E-state index in [0.717, 1.165) is 9.87 Å². The molecule has 1 aromatic heterocycles. The zero-order valence-electron chi connectivity index (χ0n) is 19.8. The van der Waals surface area contributed by atoms with Crippen molar-refractivity contribution < 1.29 is 27.5 Å². The second-order valence-corrected chi connectivity index (χ2v) is 10.7. The van der Waals surface area contributed by atoms with Crippen LogP contribution in [0.5, 0.6) is 5.75 Å². The molecule has 0 fully saturated rings. The molecule has 0 atom stereocenters. The Morgan fingerprint density at radius 2 is 1.69 bits per heavy atom. The number of aryl methyl sites for hydroxylation is 1. The number of methoxy groups -OCH3 is 2. The summed E-state index contributed by atoms with van der Waals surface area (Å²) >= 11 is 3.33. The fourth-order valence-electron chi connectivity index (χ4n) is 3.82. The SMILES string of the molecule is COC(=O)c1cn(C(=O)CN(c2ccc(C)cc2)S(=O)(=O)c2ccc(OC)c(Br)c2)c2ccccc12. The number of sulfonamides is 1. The van der Waals surface area contributed by atoms with Crippen LogP contribution in [-0.2, 0) is 14.8 Å². The number of aromatic nitrogens is 1. The number of para-hydroxylation sites is 1. The Labute approximate surface area is 217 Å². The number of carbonyl (C=O) groups is 2. The first-order chi connectivity index (χ1) is 17.2. The van der Waals surface area contributed by atoms with Crippen molar-refractivity contribution in [1.29, 1.82) is 0 Å². The summed E-state index contributed by atoms with van der Waals surface area (Å²) in [5.41, 5.74) is 1.95. The van der Waals surface area contributed by atoms with Gasteiger partial charge in [0, 0.05) is 11.6 Å². The molecule has 0 aliphatic heterocycles. The van der Waals surface area contributed by atoms with Crippen LogP contribution in [0.3, 0.4) is 0 Å². The molecule has 0 spiro atoms. The van der Waals surface area contributed by atoms with E-state index in [2.05, 4.69) is 15.9 Å². The molecule has 0 saturated carbocycles. The van der Waals surface area contributed by atoms with Crippen molar-refractivity contribution in [2.75, 3.05) is 25.1 Å². The number of esters is 1. The van der Waals surface area contributed by atoms with Crippen molar-refractivity contribution in [2.45, 2.75) is 11.8 Å². The van der Waals surface area contributed by atoms with E-state index in [1.54, 1.807) is 48.5 Å². The number of ether oxygens (including phenoxy) is 2. The molecule has 0 aliphatic rings. The Kier molecular flexibility index (Phi) is 7.18. The van der Waals surface area contributed by atoms with Gasteiger partial charge in [-0.1, -0.05) is 35.9 Å². The minimum Gasteiger partial charge on any atom is -0.496 e. The third-order valence-electron chi connectivity index (χ3n) is 5.70. The Morgan fingerprint density at radius 1 is 1.00 bits per heavy atom. The third kappa shape index (κ3) is 4.74. The predicted octanol–water partition coefficient (Wildman–Crippen LogP) is 5.04. The van der Waals surface area contributed by atoms with Crippen LogP contribution in [0.2, 0.25) is 0 Å². The lowest BCUT2D eigenvalue weighted by Gasteiger charge is -2.24. The van der Waals surface area contributed by atoms with E-state index in [1.807, 2.05) is 6.92 Å². The summed E-state index contributed by atoms with van der Waals surface area (Å²) in [6, 6.07) is 18.1. The van der Waals surface area contributed by atoms with Gasteiger partial charge in [-0.3, -0.25) is 13.7 Å². The van der Waals surface area contributed by atoms with Gasteiger partial charge in [-0.25, -0.2) is 13.2 Å². The van der Waals surface area contributed by atoms with Crippen LogP contribution in [0.15, 0.2) is 82.3 Å². The molecule has 1 heterocycles. The monoisotopic (exact) mass is 570 g/mol. The Bertz CT molecular complexity index is 1560. The molecule has 8 nitrogen and oxygen atoms in total. The van der Waals surface area contributed by atoms with Crippen LogP contribution in [0.1, 0.15) is 20.7 Å². The fourth-order valence-corrected chi connectivity index (χ4v) is 5.95. The van der Waals surface area contributed by atoms with Crippen molar-refractivity contribution in [3.63, 3.8) is 0 Å². The molecular formula is C26H23BrN2O6S. The van der Waals surface area contributed by atoms with E-state index < -0.39 is 28.4 Å². The molecule has 0 amide bonds. The highest BCUT2D eigenvalue weighted by Crippen LogP contribution is 2.31. The number of hydrogen-bond acceptors (Lipinski definition) is 6. The fraction of sp³-hybridized carbons (Fsp3) is 0.154. The normalized spacial score (nSPS) is 11.3. The second kappa shape index (κ2) is 10.2. The zero-order chi connectivity index (χ0) is 26.0. The number of carbonyl (C=O) groups excluding carboxylic acids is 2. The van der Waals surface area contributed by atoms with Crippen molar-refractivity contribution in [3.8, 4) is 5.75 Å². The average molecular weight is 571 g/mol. The molecule has 3 aromatic carbocycles. The molecule has 0 bridgehead atoms. The topological polar surface area (TPSA) is 94.9 Å². The van der Waals surface area contributed by atoms with Gasteiger partial charge >= 0.3 is 5.97 Å². The standard InChI is InChI=1S/C26H23BrN2O6S/c1-17-8-10-18(11-9-17)29(36(32,33)19-12-13-24(34-2)22(27)14-19)16-25(30)28-15-21(26(31)35-3)20-6-4-5-7-23(20)28/h4-15H,16H2,1-3H3. The average Bonchev–Trinajstić information content (AvgIpc) is 3.27. The largest absolute Gasteiger partial charge is 0.496 e. The van der Waals surface area contributed by atoms with Gasteiger partial charge in [-0.15, -0.1) is 0 Å². The van der Waals surface area contributed by atoms with Crippen molar-refractivity contribution >= 4 is 54.4 Å². The van der Waals surface area contributed by atoms with Crippen LogP contribution < -0.4 is 9.04 Å². The smallest absolute Gasteiger partial charge is 0.340 e. The van der Waals surface area contributed by atoms with Gasteiger partial charge in [0.25, 0.3) is 15.9 Å². The first-order valence-corrected chi connectivity index (χ1v) is 13.0. The predicted molar refractivity (Wildman–Crippen MR) is 140 cm³/mol. The summed E-state index contributed by atoms with van der Waals surface area (Å²) < 4.78 is 40.4. The third-order valence-corrected chi connectivity index (χ3v) is 8.09. The van der Waals surface area contributed by atoms with Crippen LogP contribution in [0.4, 0.5) is 5.69 Å². The highest BCUT2D eigenvalue weighted by atomic mass is 79.9. The van der Waals surface area contributed by atoms with Crippen molar-refractivity contribution in [2.24, 2.45) is 0 Å². The van der Waals surface area contributed by atoms with Crippen molar-refractivity contribution in [3.05, 3.63) is 88.5 Å². The quantitative estimate of drug-likeness (QED) is 0.289. The molecule has 186 valence electrons. The van der Waals surface area contributed by atoms with Crippen LogP contribution >= 0.6 is 15.9 Å². The number of hydrogen-bond donors (Lipinski definition) is 0. The van der Waals surface area contributed by atoms with Crippen LogP contribution in [0, 0.1) is 6.92 Å². The highest BCUT2D eigenvalue weighted by molar-refractivity contribution is 9.10. The van der Waals surface area contributed by atoms with Gasteiger partial charge in [0.2, 0.25) is 0 Å². The van der Waals surface area contributed by atoms with E-state index in [9.17, 15) is 18.0 Å². The Morgan fingerprint density at radius 3 is 2.33 bits per heavy atom. The number of nitrogens with zero attached hydrogens (tertiary/aromatic N) is 2. The summed E-state index contributed by atoms with van der Waals surface area (Å²) in [6.45, 7) is 1.38. The van der Waals surface area contributed by atoms with Gasteiger partial charge in [0.05, 0.1) is 40.4 Å². The lowest BCUT2D eigenvalue weighted by molar-refractivity contribution is 0.0603. The Balaban J connectivity index is 1.81. The maximum Gasteiger partial charge on any atom is 0.340 e. The minimum atomic E-state index is -4.16. The van der Waals surface area contributed by atoms with Gasteiger partial charge < -0.3 is 9.47 Å². The molecule has 0 N–H and O–H groups in total. The zero-order valence-corrected chi connectivity index (χ0v) is 22.2. The van der Waals surface area contributed by atoms with Gasteiger partial charge in [-0.2, -0.15) is 0 Å². The number of benzene rings is 3. The summed E-state index contributed by atoms with van der Waals surface area (Å²) in [4.78, 5) is 25.8.